The van der Waals surface area contributed by atoms with Gasteiger partial charge in [-0.25, -0.2) is 0 Å². The van der Waals surface area contributed by atoms with E-state index >= 15 is 0 Å². The molecule has 0 aliphatic heterocycles. The second kappa shape index (κ2) is 11.4. The van der Waals surface area contributed by atoms with E-state index in [1.54, 1.807) is 0 Å². The third-order valence-corrected chi connectivity index (χ3v) is 7.13. The molecule has 0 N–H and O–H groups in total. The Morgan fingerprint density at radius 1 is 0.579 bits per heavy atom. The molecule has 0 fully saturated rings. The molecule has 2 nitrogen and oxygen atoms in total. The van der Waals surface area contributed by atoms with Crippen molar-refractivity contribution in [2.75, 3.05) is 4.90 Å². The number of anilines is 2. The van der Waals surface area contributed by atoms with E-state index in [0.29, 0.717) is 12.8 Å². The van der Waals surface area contributed by atoms with Gasteiger partial charge in [0.05, 0.1) is 0 Å². The van der Waals surface area contributed by atoms with Crippen LogP contribution in [-0.4, -0.2) is 5.91 Å². The van der Waals surface area contributed by atoms with Gasteiger partial charge in [0.25, 0.3) is 0 Å². The van der Waals surface area contributed by atoms with Gasteiger partial charge in [0, 0.05) is 17.3 Å². The Morgan fingerprint density at radius 3 is 1.39 bits per heavy atom. The normalized spacial score (nSPS) is 12.7. The Bertz CT molecular complexity index is 1260. The van der Waals surface area contributed by atoms with Crippen LogP contribution in [0.25, 0.3) is 0 Å². The zero-order valence-corrected chi connectivity index (χ0v) is 23.7. The van der Waals surface area contributed by atoms with Gasteiger partial charge in [-0.3, -0.25) is 9.69 Å². The average molecular weight is 504 g/mol. The number of hydrogen-bond acceptors (Lipinski definition) is 1. The number of amides is 1. The van der Waals surface area contributed by atoms with E-state index < -0.39 is 0 Å². The third-order valence-electron chi connectivity index (χ3n) is 7.13. The number of para-hydroxylation sites is 2. The summed E-state index contributed by atoms with van der Waals surface area (Å²) >= 11 is 0. The van der Waals surface area contributed by atoms with E-state index in [1.807, 2.05) is 71.6 Å². The molecule has 38 heavy (non-hydrogen) atoms. The number of hydrogen-bond donors (Lipinski definition) is 0. The van der Waals surface area contributed by atoms with Crippen molar-refractivity contribution >= 4 is 17.3 Å². The standard InChI is InChI=1S/C36H41NO/c1-35(2,3)30-24-28(25-31(26-30)36(4,5)6)23-29(22-27-16-10-7-11-17-27)34(38)37(32-18-12-8-13-19-32)33-20-14-9-15-21-33/h7-21,24-26,29H,22-23H2,1-6H3/t29-/m0/s1. The van der Waals surface area contributed by atoms with Gasteiger partial charge in [-0.1, -0.05) is 126 Å². The predicted octanol–water partition coefficient (Wildman–Crippen LogP) is 9.05. The Morgan fingerprint density at radius 2 is 0.974 bits per heavy atom. The minimum atomic E-state index is -0.221. The van der Waals surface area contributed by atoms with Crippen LogP contribution in [-0.2, 0) is 28.5 Å². The molecule has 0 saturated heterocycles. The molecule has 1 atom stereocenters. The first-order valence-corrected chi connectivity index (χ1v) is 13.7. The SMILES string of the molecule is CC(C)(C)c1cc(C[C@H](Cc2ccccc2)C(=O)N(c2ccccc2)c2ccccc2)cc(C(C)(C)C)c1. The summed E-state index contributed by atoms with van der Waals surface area (Å²) < 4.78 is 0. The van der Waals surface area contributed by atoms with Crippen molar-refractivity contribution < 1.29 is 4.79 Å². The molecule has 0 heterocycles. The van der Waals surface area contributed by atoms with Crippen molar-refractivity contribution in [3.8, 4) is 0 Å². The van der Waals surface area contributed by atoms with E-state index in [2.05, 4.69) is 84.0 Å². The van der Waals surface area contributed by atoms with Crippen LogP contribution in [0.1, 0.15) is 63.8 Å². The largest absolute Gasteiger partial charge is 0.281 e. The maximum absolute atomic E-state index is 14.5. The Labute approximate surface area is 229 Å². The first-order chi connectivity index (χ1) is 18.0. The van der Waals surface area contributed by atoms with Crippen molar-refractivity contribution in [2.45, 2.75) is 65.2 Å². The van der Waals surface area contributed by atoms with Gasteiger partial charge in [-0.2, -0.15) is 0 Å². The smallest absolute Gasteiger partial charge is 0.235 e. The molecule has 0 aromatic heterocycles. The lowest BCUT2D eigenvalue weighted by molar-refractivity contribution is -0.121. The maximum atomic E-state index is 14.5. The Kier molecular flexibility index (Phi) is 8.21. The third kappa shape index (κ3) is 6.81. The summed E-state index contributed by atoms with van der Waals surface area (Å²) in [6, 6.07) is 37.4. The first-order valence-electron chi connectivity index (χ1n) is 13.7. The van der Waals surface area contributed by atoms with Gasteiger partial charge >= 0.3 is 0 Å². The highest BCUT2D eigenvalue weighted by Gasteiger charge is 2.29. The van der Waals surface area contributed by atoms with Crippen molar-refractivity contribution in [2.24, 2.45) is 5.92 Å². The lowest BCUT2D eigenvalue weighted by Crippen LogP contribution is -2.35. The quantitative estimate of drug-likeness (QED) is 0.246. The van der Waals surface area contributed by atoms with Crippen molar-refractivity contribution in [1.82, 2.24) is 0 Å². The van der Waals surface area contributed by atoms with Gasteiger partial charge in [0.15, 0.2) is 0 Å². The molecule has 0 saturated carbocycles. The van der Waals surface area contributed by atoms with Gasteiger partial charge in [0.1, 0.15) is 0 Å². The fourth-order valence-electron chi connectivity index (χ4n) is 4.85. The average Bonchev–Trinajstić information content (AvgIpc) is 2.89. The highest BCUT2D eigenvalue weighted by Crippen LogP contribution is 2.33. The van der Waals surface area contributed by atoms with Crippen LogP contribution in [0.15, 0.2) is 109 Å². The van der Waals surface area contributed by atoms with E-state index in [4.69, 9.17) is 0 Å². The van der Waals surface area contributed by atoms with E-state index in [0.717, 1.165) is 11.4 Å². The Hall–Kier alpha value is -3.65. The van der Waals surface area contributed by atoms with Gasteiger partial charge < -0.3 is 0 Å². The van der Waals surface area contributed by atoms with E-state index in [9.17, 15) is 4.79 Å². The van der Waals surface area contributed by atoms with E-state index in [-0.39, 0.29) is 22.7 Å². The lowest BCUT2D eigenvalue weighted by Gasteiger charge is -2.30. The zero-order valence-electron chi connectivity index (χ0n) is 23.7. The summed E-state index contributed by atoms with van der Waals surface area (Å²) in [7, 11) is 0. The van der Waals surface area contributed by atoms with Crippen LogP contribution in [0.3, 0.4) is 0 Å². The van der Waals surface area contributed by atoms with Crippen molar-refractivity contribution in [3.05, 3.63) is 131 Å². The number of nitrogens with zero attached hydrogens (tertiary/aromatic N) is 1. The lowest BCUT2D eigenvalue weighted by atomic mass is 9.78. The molecule has 4 rings (SSSR count). The summed E-state index contributed by atoms with van der Waals surface area (Å²) in [5.41, 5.74) is 6.85. The van der Waals surface area contributed by atoms with Crippen LogP contribution in [0.5, 0.6) is 0 Å². The molecule has 196 valence electrons. The van der Waals surface area contributed by atoms with Gasteiger partial charge in [-0.05, 0) is 70.2 Å². The molecule has 0 aliphatic rings. The fourth-order valence-corrected chi connectivity index (χ4v) is 4.85. The number of carbonyl (C=O) groups is 1. The van der Waals surface area contributed by atoms with Crippen LogP contribution in [0, 0.1) is 5.92 Å². The molecule has 4 aromatic carbocycles. The number of carbonyl (C=O) groups excluding carboxylic acids is 1. The zero-order chi connectivity index (χ0) is 27.3. The molecule has 4 aromatic rings. The molecule has 2 heteroatoms. The van der Waals surface area contributed by atoms with Crippen LogP contribution in [0.4, 0.5) is 11.4 Å². The predicted molar refractivity (Wildman–Crippen MR) is 161 cm³/mol. The maximum Gasteiger partial charge on any atom is 0.235 e. The van der Waals surface area contributed by atoms with Gasteiger partial charge in [-0.15, -0.1) is 0 Å². The highest BCUT2D eigenvalue weighted by molar-refractivity contribution is 6.02. The molecule has 0 bridgehead atoms. The van der Waals surface area contributed by atoms with Gasteiger partial charge in [0.2, 0.25) is 5.91 Å². The van der Waals surface area contributed by atoms with E-state index in [1.165, 1.54) is 22.3 Å². The van der Waals surface area contributed by atoms with Crippen LogP contribution < -0.4 is 4.90 Å². The molecular weight excluding hydrogens is 462 g/mol. The number of benzene rings is 4. The minimum Gasteiger partial charge on any atom is -0.281 e. The summed E-state index contributed by atoms with van der Waals surface area (Å²) in [6.45, 7) is 13.6. The monoisotopic (exact) mass is 503 g/mol. The summed E-state index contributed by atoms with van der Waals surface area (Å²) in [6.07, 6.45) is 1.36. The first kappa shape index (κ1) is 27.4. The molecule has 0 radical (unpaired) electrons. The van der Waals surface area contributed by atoms with Crippen LogP contribution >= 0.6 is 0 Å². The van der Waals surface area contributed by atoms with Crippen molar-refractivity contribution in [3.63, 3.8) is 0 Å². The molecule has 0 aliphatic carbocycles. The van der Waals surface area contributed by atoms with Crippen molar-refractivity contribution in [1.29, 1.82) is 0 Å². The summed E-state index contributed by atoms with van der Waals surface area (Å²) in [5.74, 6) is -0.106. The second-order valence-corrected chi connectivity index (χ2v) is 12.4. The Balaban J connectivity index is 1.80. The molecule has 1 amide bonds. The fraction of sp³-hybridized carbons (Fsp3) is 0.306. The summed E-state index contributed by atoms with van der Waals surface area (Å²) in [5, 5.41) is 0. The summed E-state index contributed by atoms with van der Waals surface area (Å²) in [4.78, 5) is 16.4. The highest BCUT2D eigenvalue weighted by atomic mass is 16.2. The second-order valence-electron chi connectivity index (χ2n) is 12.4. The molecule has 0 unspecified atom stereocenters. The number of rotatable bonds is 7. The molecule has 0 spiro atoms. The van der Waals surface area contributed by atoms with Crippen LogP contribution in [0.2, 0.25) is 0 Å². The minimum absolute atomic E-state index is 0.0229. The topological polar surface area (TPSA) is 20.3 Å². The molecular formula is C36H41NO.